The van der Waals surface area contributed by atoms with Gasteiger partial charge in [0.25, 0.3) is 0 Å². The predicted molar refractivity (Wildman–Crippen MR) is 48.9 cm³/mol. The van der Waals surface area contributed by atoms with E-state index in [0.717, 1.165) is 27.8 Å². The Hall–Kier alpha value is -2.19. The summed E-state index contributed by atoms with van der Waals surface area (Å²) in [5.74, 6) is 0. The van der Waals surface area contributed by atoms with Gasteiger partial charge in [-0.3, -0.25) is 9.25 Å². The van der Waals surface area contributed by atoms with E-state index < -0.39 is 17.6 Å². The first-order valence-electron chi connectivity index (χ1n) is 4.44. The number of halogens is 3. The van der Waals surface area contributed by atoms with E-state index in [9.17, 15) is 18.0 Å². The molecule has 0 aliphatic carbocycles. The summed E-state index contributed by atoms with van der Waals surface area (Å²) < 4.78 is 38.8. The largest absolute Gasteiger partial charge is 0.435 e. The van der Waals surface area contributed by atoms with Crippen LogP contribution in [0.3, 0.4) is 0 Å². The first-order chi connectivity index (χ1) is 7.97. The summed E-state index contributed by atoms with van der Waals surface area (Å²) in [5, 5.41) is 3.29. The van der Waals surface area contributed by atoms with Gasteiger partial charge in [-0.05, 0) is 6.07 Å². The number of hydrogen-bond acceptors (Lipinski definition) is 4. The molecule has 0 unspecified atom stereocenters. The number of rotatable bonds is 2. The maximum Gasteiger partial charge on any atom is 0.435 e. The summed E-state index contributed by atoms with van der Waals surface area (Å²) in [5.41, 5.74) is -1.62. The Labute approximate surface area is 92.4 Å². The molecular formula is C8H6F3N5O. The van der Waals surface area contributed by atoms with Gasteiger partial charge in [0.15, 0.2) is 5.69 Å². The van der Waals surface area contributed by atoms with Gasteiger partial charge in [-0.15, -0.1) is 0 Å². The molecule has 0 bridgehead atoms. The van der Waals surface area contributed by atoms with Crippen LogP contribution >= 0.6 is 0 Å². The van der Waals surface area contributed by atoms with Gasteiger partial charge < -0.3 is 0 Å². The molecule has 2 aromatic heterocycles. The molecule has 0 saturated carbocycles. The van der Waals surface area contributed by atoms with Crippen LogP contribution in [0, 0.1) is 0 Å². The van der Waals surface area contributed by atoms with Gasteiger partial charge in [-0.25, -0.2) is 9.78 Å². The van der Waals surface area contributed by atoms with Gasteiger partial charge in [0.1, 0.15) is 19.3 Å². The molecule has 6 nitrogen and oxygen atoms in total. The molecule has 0 aliphatic rings. The third-order valence-corrected chi connectivity index (χ3v) is 1.91. The molecule has 9 heteroatoms. The third-order valence-electron chi connectivity index (χ3n) is 1.91. The molecule has 0 amide bonds. The van der Waals surface area contributed by atoms with Gasteiger partial charge in [-0.1, -0.05) is 0 Å². The molecule has 0 fully saturated rings. The van der Waals surface area contributed by atoms with Crippen molar-refractivity contribution in [3.05, 3.63) is 41.1 Å². The topological polar surface area (TPSA) is 65.6 Å². The van der Waals surface area contributed by atoms with Crippen LogP contribution in [0.25, 0.3) is 0 Å². The normalized spacial score (nSPS) is 11.7. The van der Waals surface area contributed by atoms with E-state index in [1.54, 1.807) is 0 Å². The summed E-state index contributed by atoms with van der Waals surface area (Å²) >= 11 is 0. The van der Waals surface area contributed by atoms with Crippen LogP contribution in [-0.2, 0) is 12.8 Å². The van der Waals surface area contributed by atoms with Crippen LogP contribution in [0.2, 0.25) is 0 Å². The van der Waals surface area contributed by atoms with Gasteiger partial charge >= 0.3 is 11.9 Å². The van der Waals surface area contributed by atoms with E-state index in [1.807, 2.05) is 0 Å². The smallest absolute Gasteiger partial charge is 0.262 e. The van der Waals surface area contributed by atoms with E-state index in [0.29, 0.717) is 0 Å². The van der Waals surface area contributed by atoms with Crippen LogP contribution < -0.4 is 5.69 Å². The fraction of sp³-hybridized carbons (Fsp3) is 0.250. The second-order valence-corrected chi connectivity index (χ2v) is 3.14. The summed E-state index contributed by atoms with van der Waals surface area (Å²) in [6.07, 6.45) is -1.14. The Balaban J connectivity index is 2.24. The molecule has 2 rings (SSSR count). The number of nitrogens with zero attached hydrogens (tertiary/aromatic N) is 5. The van der Waals surface area contributed by atoms with Gasteiger partial charge in [0.05, 0.1) is 0 Å². The van der Waals surface area contributed by atoms with E-state index in [1.165, 1.54) is 6.33 Å². The van der Waals surface area contributed by atoms with Crippen molar-refractivity contribution in [1.29, 1.82) is 0 Å². The SMILES string of the molecule is O=c1ncncn1Cn1ccc(C(F)(F)F)n1. The van der Waals surface area contributed by atoms with Crippen molar-refractivity contribution in [3.8, 4) is 0 Å². The van der Waals surface area contributed by atoms with Crippen LogP contribution in [0.1, 0.15) is 5.69 Å². The van der Waals surface area contributed by atoms with E-state index in [-0.39, 0.29) is 6.67 Å². The zero-order valence-electron chi connectivity index (χ0n) is 8.29. The number of aromatic nitrogens is 5. The average Bonchev–Trinajstić information content (AvgIpc) is 2.69. The Morgan fingerprint density at radius 2 is 2.12 bits per heavy atom. The minimum atomic E-state index is -4.50. The van der Waals surface area contributed by atoms with Crippen LogP contribution in [0.5, 0.6) is 0 Å². The van der Waals surface area contributed by atoms with Crippen LogP contribution in [-0.4, -0.2) is 24.3 Å². The van der Waals surface area contributed by atoms with Crippen LogP contribution in [0.15, 0.2) is 29.7 Å². The quantitative estimate of drug-likeness (QED) is 0.766. The molecule has 0 aromatic carbocycles. The van der Waals surface area contributed by atoms with Crippen molar-refractivity contribution in [2.45, 2.75) is 12.8 Å². The fourth-order valence-corrected chi connectivity index (χ4v) is 1.16. The Morgan fingerprint density at radius 3 is 2.71 bits per heavy atom. The third kappa shape index (κ3) is 2.49. The van der Waals surface area contributed by atoms with E-state index in [2.05, 4.69) is 15.1 Å². The lowest BCUT2D eigenvalue weighted by atomic mass is 10.4. The van der Waals surface area contributed by atoms with Crippen molar-refractivity contribution >= 4 is 0 Å². The summed E-state index contributed by atoms with van der Waals surface area (Å²) in [6, 6.07) is 0.828. The molecule has 17 heavy (non-hydrogen) atoms. The highest BCUT2D eigenvalue weighted by Gasteiger charge is 2.33. The van der Waals surface area contributed by atoms with Gasteiger partial charge in [0, 0.05) is 6.20 Å². The molecule has 2 aromatic rings. The molecule has 0 atom stereocenters. The van der Waals surface area contributed by atoms with Crippen LogP contribution in [0.4, 0.5) is 13.2 Å². The zero-order valence-corrected chi connectivity index (χ0v) is 8.29. The summed E-state index contributed by atoms with van der Waals surface area (Å²) in [6.45, 7) is -0.171. The van der Waals surface area contributed by atoms with E-state index in [4.69, 9.17) is 0 Å². The highest BCUT2D eigenvalue weighted by Crippen LogP contribution is 2.27. The highest BCUT2D eigenvalue weighted by molar-refractivity contribution is 5.03. The van der Waals surface area contributed by atoms with Crippen molar-refractivity contribution in [1.82, 2.24) is 24.3 Å². The molecule has 0 radical (unpaired) electrons. The lowest BCUT2D eigenvalue weighted by Gasteiger charge is -2.04. The monoisotopic (exact) mass is 245 g/mol. The summed E-state index contributed by atoms with van der Waals surface area (Å²) in [4.78, 5) is 18.1. The lowest BCUT2D eigenvalue weighted by molar-refractivity contribution is -0.141. The Bertz CT molecular complexity index is 573. The van der Waals surface area contributed by atoms with Gasteiger partial charge in [-0.2, -0.15) is 23.3 Å². The predicted octanol–water partition coefficient (Wildman–Crippen LogP) is 0.359. The average molecular weight is 245 g/mol. The minimum Gasteiger partial charge on any atom is -0.262 e. The Kier molecular flexibility index (Phi) is 2.66. The Morgan fingerprint density at radius 1 is 1.35 bits per heavy atom. The maximum atomic E-state index is 12.3. The molecular weight excluding hydrogens is 239 g/mol. The molecule has 2 heterocycles. The highest BCUT2D eigenvalue weighted by atomic mass is 19.4. The fourth-order valence-electron chi connectivity index (χ4n) is 1.16. The first kappa shape index (κ1) is 11.3. The maximum absolute atomic E-state index is 12.3. The molecule has 0 aliphatic heterocycles. The van der Waals surface area contributed by atoms with E-state index >= 15 is 0 Å². The number of alkyl halides is 3. The van der Waals surface area contributed by atoms with Crippen molar-refractivity contribution < 1.29 is 13.2 Å². The molecule has 0 spiro atoms. The minimum absolute atomic E-state index is 0.171. The number of hydrogen-bond donors (Lipinski definition) is 0. The second kappa shape index (κ2) is 4.00. The second-order valence-electron chi connectivity index (χ2n) is 3.14. The molecule has 90 valence electrons. The molecule has 0 saturated heterocycles. The zero-order chi connectivity index (χ0) is 12.5. The first-order valence-corrected chi connectivity index (χ1v) is 4.44. The van der Waals surface area contributed by atoms with Crippen molar-refractivity contribution in [2.24, 2.45) is 0 Å². The summed E-state index contributed by atoms with van der Waals surface area (Å²) in [7, 11) is 0. The molecule has 0 N–H and O–H groups in total. The van der Waals surface area contributed by atoms with Crippen molar-refractivity contribution in [3.63, 3.8) is 0 Å². The standard InChI is InChI=1S/C8H6F3N5O/c9-8(10,11)6-1-2-16(14-6)5-15-4-12-3-13-7(15)17/h1-4H,5H2. The van der Waals surface area contributed by atoms with Gasteiger partial charge in [0.2, 0.25) is 0 Å². The van der Waals surface area contributed by atoms with Crippen molar-refractivity contribution in [2.75, 3.05) is 0 Å². The lowest BCUT2D eigenvalue weighted by Crippen LogP contribution is -2.26.